The van der Waals surface area contributed by atoms with Crippen molar-refractivity contribution in [1.29, 1.82) is 0 Å². The fourth-order valence-corrected chi connectivity index (χ4v) is 2.66. The molecule has 0 aromatic heterocycles. The fourth-order valence-electron chi connectivity index (χ4n) is 2.66. The first-order valence-corrected chi connectivity index (χ1v) is 7.43. The lowest BCUT2D eigenvalue weighted by atomic mass is 10.1. The molecule has 0 bridgehead atoms. The maximum absolute atomic E-state index is 12.2. The number of para-hydroxylation sites is 1. The highest BCUT2D eigenvalue weighted by Crippen LogP contribution is 2.21. The zero-order valence-electron chi connectivity index (χ0n) is 12.2. The Balaban J connectivity index is 1.87. The summed E-state index contributed by atoms with van der Waals surface area (Å²) in [4.78, 5) is 14.1. The van der Waals surface area contributed by atoms with Gasteiger partial charge in [0, 0.05) is 19.5 Å². The first-order chi connectivity index (χ1) is 9.74. The van der Waals surface area contributed by atoms with Crippen molar-refractivity contribution in [3.8, 4) is 5.75 Å². The lowest BCUT2D eigenvalue weighted by Gasteiger charge is -2.17. The fraction of sp³-hybridized carbons (Fsp3) is 0.562. The Hall–Kier alpha value is -1.55. The number of nitrogens with zero attached hydrogens (tertiary/aromatic N) is 1. The molecule has 1 saturated heterocycles. The molecule has 2 N–H and O–H groups in total. The lowest BCUT2D eigenvalue weighted by Crippen LogP contribution is -2.30. The molecule has 0 saturated carbocycles. The smallest absolute Gasteiger partial charge is 0.222 e. The zero-order chi connectivity index (χ0) is 14.4. The molecule has 1 unspecified atom stereocenters. The highest BCUT2D eigenvalue weighted by atomic mass is 16.5. The summed E-state index contributed by atoms with van der Waals surface area (Å²) in [5.74, 6) is 1.60. The lowest BCUT2D eigenvalue weighted by molar-refractivity contribution is -0.130. The Labute approximate surface area is 120 Å². The first kappa shape index (κ1) is 14.9. The number of amides is 1. The van der Waals surface area contributed by atoms with Crippen LogP contribution in [0.1, 0.15) is 25.3 Å². The number of hydrogen-bond acceptors (Lipinski definition) is 3. The summed E-state index contributed by atoms with van der Waals surface area (Å²) in [6.07, 6.45) is 2.32. The van der Waals surface area contributed by atoms with Crippen LogP contribution in [-0.2, 0) is 11.2 Å². The summed E-state index contributed by atoms with van der Waals surface area (Å²) in [6, 6.07) is 7.94. The van der Waals surface area contributed by atoms with Crippen LogP contribution in [0.2, 0.25) is 0 Å². The number of carbonyl (C=O) groups is 1. The quantitative estimate of drug-likeness (QED) is 0.862. The second-order valence-electron chi connectivity index (χ2n) is 5.27. The predicted octanol–water partition coefficient (Wildman–Crippen LogP) is 1.83. The summed E-state index contributed by atoms with van der Waals surface area (Å²) in [7, 11) is 0. The van der Waals surface area contributed by atoms with Gasteiger partial charge in [0.15, 0.2) is 0 Å². The molecule has 4 heteroatoms. The minimum atomic E-state index is 0.229. The molecular formula is C16H24N2O2. The van der Waals surface area contributed by atoms with Gasteiger partial charge < -0.3 is 15.4 Å². The topological polar surface area (TPSA) is 55.6 Å². The van der Waals surface area contributed by atoms with Gasteiger partial charge in [-0.2, -0.15) is 0 Å². The third kappa shape index (κ3) is 3.73. The normalized spacial score (nSPS) is 18.3. The zero-order valence-corrected chi connectivity index (χ0v) is 12.2. The third-order valence-corrected chi connectivity index (χ3v) is 3.85. The van der Waals surface area contributed by atoms with Gasteiger partial charge in [-0.15, -0.1) is 0 Å². The molecule has 110 valence electrons. The van der Waals surface area contributed by atoms with Gasteiger partial charge in [0.2, 0.25) is 5.91 Å². The van der Waals surface area contributed by atoms with E-state index >= 15 is 0 Å². The van der Waals surface area contributed by atoms with Crippen molar-refractivity contribution in [2.24, 2.45) is 11.7 Å². The van der Waals surface area contributed by atoms with Crippen LogP contribution in [-0.4, -0.2) is 37.0 Å². The van der Waals surface area contributed by atoms with E-state index in [1.54, 1.807) is 0 Å². The number of rotatable bonds is 6. The third-order valence-electron chi connectivity index (χ3n) is 3.85. The van der Waals surface area contributed by atoms with Crippen LogP contribution in [0.3, 0.4) is 0 Å². The predicted molar refractivity (Wildman–Crippen MR) is 79.7 cm³/mol. The summed E-state index contributed by atoms with van der Waals surface area (Å²) in [5, 5.41) is 0. The number of nitrogens with two attached hydrogens (primary N) is 1. The van der Waals surface area contributed by atoms with Crippen molar-refractivity contribution in [2.45, 2.75) is 26.2 Å². The molecule has 1 fully saturated rings. The Bertz CT molecular complexity index is 448. The summed E-state index contributed by atoms with van der Waals surface area (Å²) in [5.41, 5.74) is 6.77. The summed E-state index contributed by atoms with van der Waals surface area (Å²) < 4.78 is 5.59. The molecule has 1 aliphatic rings. The maximum Gasteiger partial charge on any atom is 0.222 e. The van der Waals surface area contributed by atoms with Crippen molar-refractivity contribution in [3.05, 3.63) is 29.8 Å². The largest absolute Gasteiger partial charge is 0.494 e. The second-order valence-corrected chi connectivity index (χ2v) is 5.27. The summed E-state index contributed by atoms with van der Waals surface area (Å²) in [6.45, 7) is 4.97. The van der Waals surface area contributed by atoms with E-state index in [-0.39, 0.29) is 5.91 Å². The molecule has 1 atom stereocenters. The number of ether oxygens (including phenoxy) is 1. The minimum absolute atomic E-state index is 0.229. The molecule has 1 aliphatic heterocycles. The minimum Gasteiger partial charge on any atom is -0.494 e. The maximum atomic E-state index is 12.2. The van der Waals surface area contributed by atoms with Gasteiger partial charge in [-0.25, -0.2) is 0 Å². The van der Waals surface area contributed by atoms with Crippen molar-refractivity contribution < 1.29 is 9.53 Å². The number of hydrogen-bond donors (Lipinski definition) is 1. The second kappa shape index (κ2) is 7.29. The van der Waals surface area contributed by atoms with Gasteiger partial charge in [0.1, 0.15) is 5.75 Å². The highest BCUT2D eigenvalue weighted by molar-refractivity contribution is 5.76. The van der Waals surface area contributed by atoms with Crippen molar-refractivity contribution in [3.63, 3.8) is 0 Å². The van der Waals surface area contributed by atoms with Gasteiger partial charge in [-0.3, -0.25) is 4.79 Å². The van der Waals surface area contributed by atoms with Gasteiger partial charge >= 0.3 is 0 Å². The average molecular weight is 276 g/mol. The van der Waals surface area contributed by atoms with Crippen LogP contribution in [0.4, 0.5) is 0 Å². The Morgan fingerprint density at radius 3 is 2.95 bits per heavy atom. The molecule has 1 aromatic rings. The van der Waals surface area contributed by atoms with Crippen LogP contribution in [0.5, 0.6) is 5.75 Å². The van der Waals surface area contributed by atoms with Crippen LogP contribution in [0.25, 0.3) is 0 Å². The number of carbonyl (C=O) groups excluding carboxylic acids is 1. The van der Waals surface area contributed by atoms with Gasteiger partial charge in [0.25, 0.3) is 0 Å². The molecule has 0 radical (unpaired) electrons. The molecule has 4 nitrogen and oxygen atoms in total. The van der Waals surface area contributed by atoms with Crippen LogP contribution < -0.4 is 10.5 Å². The van der Waals surface area contributed by atoms with E-state index in [1.807, 2.05) is 36.1 Å². The van der Waals surface area contributed by atoms with Crippen LogP contribution >= 0.6 is 0 Å². The van der Waals surface area contributed by atoms with Crippen molar-refractivity contribution in [2.75, 3.05) is 26.2 Å². The van der Waals surface area contributed by atoms with E-state index in [1.165, 1.54) is 0 Å². The first-order valence-electron chi connectivity index (χ1n) is 7.43. The Morgan fingerprint density at radius 1 is 1.45 bits per heavy atom. The van der Waals surface area contributed by atoms with Gasteiger partial charge in [-0.05, 0) is 43.9 Å². The number of aryl methyl sites for hydroxylation is 1. The molecule has 2 rings (SSSR count). The number of benzene rings is 1. The Kier molecular flexibility index (Phi) is 5.41. The molecule has 0 spiro atoms. The average Bonchev–Trinajstić information content (AvgIpc) is 2.95. The van der Waals surface area contributed by atoms with Crippen molar-refractivity contribution in [1.82, 2.24) is 4.90 Å². The van der Waals surface area contributed by atoms with Gasteiger partial charge in [-0.1, -0.05) is 18.2 Å². The van der Waals surface area contributed by atoms with E-state index in [4.69, 9.17) is 10.5 Å². The summed E-state index contributed by atoms with van der Waals surface area (Å²) >= 11 is 0. The molecule has 1 aromatic carbocycles. The van der Waals surface area contributed by atoms with E-state index < -0.39 is 0 Å². The van der Waals surface area contributed by atoms with E-state index in [9.17, 15) is 4.79 Å². The molecular weight excluding hydrogens is 252 g/mol. The van der Waals surface area contributed by atoms with Crippen LogP contribution in [0, 0.1) is 5.92 Å². The van der Waals surface area contributed by atoms with Crippen LogP contribution in [0.15, 0.2) is 24.3 Å². The monoisotopic (exact) mass is 276 g/mol. The SMILES string of the molecule is CCOc1ccccc1CCC(=O)N1CCC(CN)C1. The van der Waals surface area contributed by atoms with Crippen molar-refractivity contribution >= 4 is 5.91 Å². The molecule has 1 amide bonds. The van der Waals surface area contributed by atoms with E-state index in [0.29, 0.717) is 25.5 Å². The Morgan fingerprint density at radius 2 is 2.25 bits per heavy atom. The molecule has 0 aliphatic carbocycles. The molecule has 1 heterocycles. The number of likely N-dealkylation sites (tertiary alicyclic amines) is 1. The highest BCUT2D eigenvalue weighted by Gasteiger charge is 2.24. The standard InChI is InChI=1S/C16H24N2O2/c1-2-20-15-6-4-3-5-14(15)7-8-16(19)18-10-9-13(11-17)12-18/h3-6,13H,2,7-12,17H2,1H3. The van der Waals surface area contributed by atoms with E-state index in [2.05, 4.69) is 0 Å². The molecule has 20 heavy (non-hydrogen) atoms. The van der Waals surface area contributed by atoms with Gasteiger partial charge in [0.05, 0.1) is 6.61 Å². The van der Waals surface area contributed by atoms with E-state index in [0.717, 1.165) is 37.2 Å².